The minimum Gasteiger partial charge on any atom is -0.341 e. The van der Waals surface area contributed by atoms with Gasteiger partial charge in [-0.15, -0.1) is 0 Å². The smallest absolute Gasteiger partial charge is 0.291 e. The zero-order chi connectivity index (χ0) is 17.9. The molecule has 0 aromatic carbocycles. The average molecular weight is 354 g/mol. The van der Waals surface area contributed by atoms with E-state index in [2.05, 4.69) is 10.2 Å². The number of hydrogen-bond donors (Lipinski definition) is 0. The van der Waals surface area contributed by atoms with E-state index in [9.17, 15) is 9.59 Å². The summed E-state index contributed by atoms with van der Waals surface area (Å²) in [6, 6.07) is 5.46. The van der Waals surface area contributed by atoms with Crippen molar-refractivity contribution in [2.75, 3.05) is 13.1 Å². The van der Waals surface area contributed by atoms with Crippen LogP contribution < -0.4 is 5.56 Å². The molecule has 3 aromatic rings. The van der Waals surface area contributed by atoms with Gasteiger partial charge in [-0.2, -0.15) is 10.2 Å². The number of piperidine rings is 1. The van der Waals surface area contributed by atoms with Gasteiger partial charge in [0.2, 0.25) is 5.91 Å². The van der Waals surface area contributed by atoms with Gasteiger partial charge < -0.3 is 9.30 Å². The monoisotopic (exact) mass is 354 g/mol. The lowest BCUT2D eigenvalue weighted by Gasteiger charge is -2.32. The fourth-order valence-electron chi connectivity index (χ4n) is 3.54. The Morgan fingerprint density at radius 2 is 2.00 bits per heavy atom. The molecule has 0 aliphatic carbocycles. The summed E-state index contributed by atoms with van der Waals surface area (Å²) >= 11 is 0. The number of likely N-dealkylation sites (tertiary alicyclic amines) is 1. The Hall–Kier alpha value is -2.90. The van der Waals surface area contributed by atoms with Crippen LogP contribution in [-0.4, -0.2) is 47.9 Å². The molecule has 0 N–H and O–H groups in total. The molecule has 0 bridgehead atoms. The predicted molar refractivity (Wildman–Crippen MR) is 95.6 cm³/mol. The van der Waals surface area contributed by atoms with Crippen LogP contribution in [0, 0.1) is 5.92 Å². The standard InChI is InChI=1S/C18H22N6O2/c25-17(13-24-18(26)16-3-1-8-22(16)14-20-24)21-10-4-15(5-11-21)6-12-23-9-2-7-19-23/h1-3,7-9,14-15H,4-6,10-13H2. The molecule has 1 amide bonds. The van der Waals surface area contributed by atoms with Crippen LogP contribution in [0.2, 0.25) is 0 Å². The minimum absolute atomic E-state index is 0.00152. The quantitative estimate of drug-likeness (QED) is 0.685. The van der Waals surface area contributed by atoms with E-state index >= 15 is 0 Å². The van der Waals surface area contributed by atoms with Gasteiger partial charge in [0, 0.05) is 38.2 Å². The summed E-state index contributed by atoms with van der Waals surface area (Å²) in [6.45, 7) is 2.40. The Morgan fingerprint density at radius 3 is 2.77 bits per heavy atom. The maximum atomic E-state index is 12.6. The Morgan fingerprint density at radius 1 is 1.15 bits per heavy atom. The van der Waals surface area contributed by atoms with Crippen molar-refractivity contribution in [2.45, 2.75) is 32.4 Å². The fourth-order valence-corrected chi connectivity index (χ4v) is 3.54. The molecule has 26 heavy (non-hydrogen) atoms. The maximum absolute atomic E-state index is 12.6. The molecule has 0 atom stereocenters. The first-order valence-electron chi connectivity index (χ1n) is 8.99. The number of aromatic nitrogens is 5. The molecule has 1 saturated heterocycles. The van der Waals surface area contributed by atoms with E-state index in [-0.39, 0.29) is 18.0 Å². The second kappa shape index (κ2) is 7.15. The normalized spacial score (nSPS) is 15.6. The highest BCUT2D eigenvalue weighted by atomic mass is 16.2. The van der Waals surface area contributed by atoms with E-state index in [1.807, 2.05) is 21.8 Å². The van der Waals surface area contributed by atoms with Crippen LogP contribution in [0.4, 0.5) is 0 Å². The van der Waals surface area contributed by atoms with E-state index in [1.54, 1.807) is 35.3 Å². The fraction of sp³-hybridized carbons (Fsp3) is 0.444. The molecule has 0 spiro atoms. The number of carbonyl (C=O) groups is 1. The van der Waals surface area contributed by atoms with Crippen molar-refractivity contribution < 1.29 is 4.79 Å². The molecule has 8 nitrogen and oxygen atoms in total. The van der Waals surface area contributed by atoms with Crippen molar-refractivity contribution in [2.24, 2.45) is 5.92 Å². The van der Waals surface area contributed by atoms with Crippen molar-refractivity contribution in [3.8, 4) is 0 Å². The molecule has 0 radical (unpaired) electrons. The van der Waals surface area contributed by atoms with E-state index < -0.39 is 0 Å². The number of fused-ring (bicyclic) bond motifs is 1. The van der Waals surface area contributed by atoms with E-state index in [0.717, 1.165) is 38.9 Å². The van der Waals surface area contributed by atoms with Gasteiger partial charge in [-0.25, -0.2) is 4.68 Å². The lowest BCUT2D eigenvalue weighted by molar-refractivity contribution is -0.133. The molecule has 0 saturated carbocycles. The molecule has 1 aliphatic heterocycles. The third-order valence-corrected chi connectivity index (χ3v) is 5.13. The first-order valence-corrected chi connectivity index (χ1v) is 8.99. The summed E-state index contributed by atoms with van der Waals surface area (Å²) in [5.74, 6) is 0.571. The van der Waals surface area contributed by atoms with Crippen molar-refractivity contribution in [3.63, 3.8) is 0 Å². The van der Waals surface area contributed by atoms with E-state index in [4.69, 9.17) is 0 Å². The number of hydrogen-bond acceptors (Lipinski definition) is 4. The molecule has 1 aliphatic rings. The lowest BCUT2D eigenvalue weighted by atomic mass is 9.93. The summed E-state index contributed by atoms with van der Waals surface area (Å²) in [5, 5.41) is 8.32. The SMILES string of the molecule is O=C(Cn1ncn2cccc2c1=O)N1CCC(CCn2cccn2)CC1. The van der Waals surface area contributed by atoms with Crippen molar-refractivity contribution in [1.29, 1.82) is 0 Å². The summed E-state index contributed by atoms with van der Waals surface area (Å²) in [6.07, 6.45) is 10.2. The molecule has 8 heteroatoms. The topological polar surface area (TPSA) is 77.4 Å². The number of rotatable bonds is 5. The third-order valence-electron chi connectivity index (χ3n) is 5.13. The highest BCUT2D eigenvalue weighted by Crippen LogP contribution is 2.21. The van der Waals surface area contributed by atoms with Crippen molar-refractivity contribution in [3.05, 3.63) is 53.5 Å². The largest absolute Gasteiger partial charge is 0.341 e. The van der Waals surface area contributed by atoms with Crippen molar-refractivity contribution >= 4 is 11.4 Å². The molecule has 1 fully saturated rings. The van der Waals surface area contributed by atoms with Gasteiger partial charge in [-0.05, 0) is 43.4 Å². The minimum atomic E-state index is -0.236. The average Bonchev–Trinajstić information content (AvgIpc) is 3.34. The number of nitrogens with zero attached hydrogens (tertiary/aromatic N) is 6. The third kappa shape index (κ3) is 3.40. The Kier molecular flexibility index (Phi) is 4.55. The molecule has 4 rings (SSSR count). The first-order chi connectivity index (χ1) is 12.7. The summed E-state index contributed by atoms with van der Waals surface area (Å²) in [7, 11) is 0. The van der Waals surface area contributed by atoms with Crippen LogP contribution in [0.15, 0.2) is 47.9 Å². The first kappa shape index (κ1) is 16.6. The summed E-state index contributed by atoms with van der Waals surface area (Å²) in [4.78, 5) is 26.8. The van der Waals surface area contributed by atoms with Crippen LogP contribution >= 0.6 is 0 Å². The van der Waals surface area contributed by atoms with Crippen LogP contribution in [0.25, 0.3) is 5.52 Å². The highest BCUT2D eigenvalue weighted by Gasteiger charge is 2.23. The number of aryl methyl sites for hydroxylation is 1. The van der Waals surface area contributed by atoms with Crippen LogP contribution in [0.5, 0.6) is 0 Å². The van der Waals surface area contributed by atoms with Gasteiger partial charge in [0.25, 0.3) is 5.56 Å². The molecule has 136 valence electrons. The van der Waals surface area contributed by atoms with E-state index in [0.29, 0.717) is 11.4 Å². The molecule has 3 aromatic heterocycles. The van der Waals surface area contributed by atoms with Gasteiger partial charge in [-0.3, -0.25) is 14.3 Å². The van der Waals surface area contributed by atoms with Crippen LogP contribution in [0.1, 0.15) is 19.3 Å². The molecule has 0 unspecified atom stereocenters. The van der Waals surface area contributed by atoms with Gasteiger partial charge in [0.1, 0.15) is 18.4 Å². The highest BCUT2D eigenvalue weighted by molar-refractivity contribution is 5.76. The lowest BCUT2D eigenvalue weighted by Crippen LogP contribution is -2.42. The van der Waals surface area contributed by atoms with Gasteiger partial charge in [0.05, 0.1) is 0 Å². The van der Waals surface area contributed by atoms with E-state index in [1.165, 1.54) is 4.68 Å². The Balaban J connectivity index is 1.31. The summed E-state index contributed by atoms with van der Waals surface area (Å²) in [5.41, 5.74) is 0.296. The van der Waals surface area contributed by atoms with Crippen LogP contribution in [-0.2, 0) is 17.9 Å². The molecule has 4 heterocycles. The second-order valence-electron chi connectivity index (χ2n) is 6.78. The van der Waals surface area contributed by atoms with Crippen molar-refractivity contribution in [1.82, 2.24) is 28.9 Å². The zero-order valence-corrected chi connectivity index (χ0v) is 14.6. The second-order valence-corrected chi connectivity index (χ2v) is 6.78. The van der Waals surface area contributed by atoms with Gasteiger partial charge >= 0.3 is 0 Å². The molecular weight excluding hydrogens is 332 g/mol. The maximum Gasteiger partial charge on any atom is 0.291 e. The number of carbonyl (C=O) groups excluding carboxylic acids is 1. The molecular formula is C18H22N6O2. The van der Waals surface area contributed by atoms with Crippen LogP contribution in [0.3, 0.4) is 0 Å². The Labute approximate surface area is 150 Å². The summed E-state index contributed by atoms with van der Waals surface area (Å²) < 4.78 is 4.86. The number of amides is 1. The van der Waals surface area contributed by atoms with Gasteiger partial charge in [0.15, 0.2) is 0 Å². The Bertz CT molecular complexity index is 934. The zero-order valence-electron chi connectivity index (χ0n) is 14.6. The van der Waals surface area contributed by atoms with Gasteiger partial charge in [-0.1, -0.05) is 0 Å². The predicted octanol–water partition coefficient (Wildman–Crippen LogP) is 1.02.